The first-order chi connectivity index (χ1) is 18.3. The molecule has 11 heteroatoms. The first-order valence-electron chi connectivity index (χ1n) is 11.8. The van der Waals surface area contributed by atoms with Gasteiger partial charge < -0.3 is 25.6 Å². The van der Waals surface area contributed by atoms with Gasteiger partial charge in [-0.25, -0.2) is 9.38 Å². The number of methoxy groups -OCH3 is 1. The van der Waals surface area contributed by atoms with Gasteiger partial charge in [0, 0.05) is 37.8 Å². The van der Waals surface area contributed by atoms with Crippen LogP contribution in [0.2, 0.25) is 0 Å². The number of aliphatic imine (C=N–C) groups is 2. The molecule has 1 aromatic heterocycles. The molecular weight excluding hydrogens is 487 g/mol. The second kappa shape index (κ2) is 14.9. The van der Waals surface area contributed by atoms with E-state index in [9.17, 15) is 9.18 Å². The van der Waals surface area contributed by atoms with Crippen LogP contribution in [-0.2, 0) is 9.53 Å². The van der Waals surface area contributed by atoms with Gasteiger partial charge in [0.25, 0.3) is 0 Å². The standard InChI is InChI=1S/C27H35FN8O2/c1-8-22(18-13-19-16-31-35-26(19)21(28)14-18)33-27(30-4)34-23(24(38-7)11-10-12-36(5)6)15-20(17-29-3)32-25(37)9-2/h8-9,11,13-17,29H,1-2,10,12H2,3-7H3,(H,30,34)(H,31,35)(H,32,37)/b20-17-,23-15+,24-11+,33-22+. The number of ether oxygens (including phenoxy) is 1. The number of carbonyl (C=O) groups is 1. The van der Waals surface area contributed by atoms with Crippen molar-refractivity contribution in [2.75, 3.05) is 41.8 Å². The van der Waals surface area contributed by atoms with E-state index in [-0.39, 0.29) is 11.9 Å². The van der Waals surface area contributed by atoms with Crippen LogP contribution in [0.4, 0.5) is 4.39 Å². The minimum Gasteiger partial charge on any atom is -0.495 e. The number of hydrogen-bond donors (Lipinski definition) is 4. The maximum absolute atomic E-state index is 14.6. The Kier molecular flexibility index (Phi) is 11.7. The fraction of sp³-hybridized carbons (Fsp3) is 0.259. The predicted octanol–water partition coefficient (Wildman–Crippen LogP) is 2.98. The summed E-state index contributed by atoms with van der Waals surface area (Å²) in [6.45, 7) is 8.13. The molecule has 0 aliphatic carbocycles. The van der Waals surface area contributed by atoms with E-state index in [4.69, 9.17) is 4.74 Å². The summed E-state index contributed by atoms with van der Waals surface area (Å²) in [4.78, 5) is 22.9. The Morgan fingerprint density at radius 3 is 2.63 bits per heavy atom. The number of aromatic nitrogens is 2. The van der Waals surface area contributed by atoms with Crippen molar-refractivity contribution in [2.24, 2.45) is 9.98 Å². The molecule has 0 fully saturated rings. The van der Waals surface area contributed by atoms with Crippen molar-refractivity contribution in [3.8, 4) is 0 Å². The molecular formula is C27H35FN8O2. The zero-order chi connectivity index (χ0) is 28.1. The highest BCUT2D eigenvalue weighted by atomic mass is 19.1. The summed E-state index contributed by atoms with van der Waals surface area (Å²) < 4.78 is 20.3. The number of hydrogen-bond acceptors (Lipinski definition) is 6. The Labute approximate surface area is 222 Å². The van der Waals surface area contributed by atoms with Crippen molar-refractivity contribution in [3.05, 3.63) is 90.5 Å². The first kappa shape index (κ1) is 29.7. The molecule has 0 aliphatic heterocycles. The van der Waals surface area contributed by atoms with Gasteiger partial charge in [-0.2, -0.15) is 5.10 Å². The highest BCUT2D eigenvalue weighted by molar-refractivity contribution is 6.14. The average molecular weight is 523 g/mol. The Hall–Kier alpha value is -4.51. The van der Waals surface area contributed by atoms with Gasteiger partial charge in [0.2, 0.25) is 11.9 Å². The third kappa shape index (κ3) is 8.56. The van der Waals surface area contributed by atoms with E-state index in [0.29, 0.717) is 45.8 Å². The van der Waals surface area contributed by atoms with E-state index in [0.717, 1.165) is 6.54 Å². The third-order valence-corrected chi connectivity index (χ3v) is 5.12. The fourth-order valence-corrected chi connectivity index (χ4v) is 3.30. The Balaban J connectivity index is 2.53. The molecule has 4 N–H and O–H groups in total. The summed E-state index contributed by atoms with van der Waals surface area (Å²) >= 11 is 0. The SMILES string of the molecule is C=CC(=O)NC(=C\NC)/C=C(NC(=NC)/N=C(\C=C)c1cc(F)c2[nH]ncc2c1)\C(=C/CCN(C)C)OC. The molecule has 0 atom stereocenters. The van der Waals surface area contributed by atoms with Gasteiger partial charge in [-0.3, -0.25) is 14.9 Å². The zero-order valence-electron chi connectivity index (χ0n) is 22.4. The monoisotopic (exact) mass is 522 g/mol. The number of halogens is 1. The normalized spacial score (nSPS) is 13.5. The van der Waals surface area contributed by atoms with Crippen LogP contribution in [0.1, 0.15) is 12.0 Å². The Morgan fingerprint density at radius 1 is 1.26 bits per heavy atom. The molecule has 0 saturated carbocycles. The van der Waals surface area contributed by atoms with Crippen LogP contribution in [0, 0.1) is 5.82 Å². The van der Waals surface area contributed by atoms with E-state index < -0.39 is 5.82 Å². The second-order valence-corrected chi connectivity index (χ2v) is 8.17. The van der Waals surface area contributed by atoms with E-state index in [1.807, 2.05) is 25.1 Å². The number of H-pyrrole nitrogens is 1. The van der Waals surface area contributed by atoms with Crippen LogP contribution < -0.4 is 16.0 Å². The first-order valence-corrected chi connectivity index (χ1v) is 11.8. The van der Waals surface area contributed by atoms with E-state index in [1.165, 1.54) is 24.4 Å². The van der Waals surface area contributed by atoms with Gasteiger partial charge >= 0.3 is 0 Å². The van der Waals surface area contributed by atoms with Crippen molar-refractivity contribution in [2.45, 2.75) is 6.42 Å². The van der Waals surface area contributed by atoms with Crippen molar-refractivity contribution >= 4 is 28.5 Å². The summed E-state index contributed by atoms with van der Waals surface area (Å²) in [5.74, 6) is -0.138. The zero-order valence-corrected chi connectivity index (χ0v) is 22.4. The number of carbonyl (C=O) groups excluding carboxylic acids is 1. The molecule has 0 bridgehead atoms. The summed E-state index contributed by atoms with van der Waals surface area (Å²) in [6, 6.07) is 3.11. The molecule has 2 aromatic rings. The van der Waals surface area contributed by atoms with Crippen LogP contribution in [0.25, 0.3) is 10.9 Å². The van der Waals surface area contributed by atoms with Gasteiger partial charge in [0.15, 0.2) is 0 Å². The van der Waals surface area contributed by atoms with Crippen molar-refractivity contribution < 1.29 is 13.9 Å². The summed E-state index contributed by atoms with van der Waals surface area (Å²) in [5.41, 5.74) is 2.11. The molecule has 0 unspecified atom stereocenters. The quantitative estimate of drug-likeness (QED) is 0.112. The number of amides is 1. The van der Waals surface area contributed by atoms with Gasteiger partial charge in [0.1, 0.15) is 17.1 Å². The lowest BCUT2D eigenvalue weighted by Crippen LogP contribution is -2.27. The maximum Gasteiger partial charge on any atom is 0.247 e. The lowest BCUT2D eigenvalue weighted by molar-refractivity contribution is -0.115. The molecule has 0 aliphatic rings. The van der Waals surface area contributed by atoms with Gasteiger partial charge in [-0.05, 0) is 57.0 Å². The van der Waals surface area contributed by atoms with Crippen LogP contribution in [0.5, 0.6) is 0 Å². The van der Waals surface area contributed by atoms with Crippen molar-refractivity contribution in [1.29, 1.82) is 0 Å². The smallest absolute Gasteiger partial charge is 0.247 e. The number of fused-ring (bicyclic) bond motifs is 1. The van der Waals surface area contributed by atoms with E-state index >= 15 is 0 Å². The molecule has 1 aromatic carbocycles. The maximum atomic E-state index is 14.6. The largest absolute Gasteiger partial charge is 0.495 e. The number of aromatic amines is 1. The van der Waals surface area contributed by atoms with Crippen molar-refractivity contribution in [3.63, 3.8) is 0 Å². The predicted molar refractivity (Wildman–Crippen MR) is 151 cm³/mol. The van der Waals surface area contributed by atoms with Crippen molar-refractivity contribution in [1.82, 2.24) is 31.0 Å². The van der Waals surface area contributed by atoms with Crippen LogP contribution in [0.3, 0.4) is 0 Å². The van der Waals surface area contributed by atoms with Crippen LogP contribution in [-0.4, -0.2) is 74.5 Å². The second-order valence-electron chi connectivity index (χ2n) is 8.17. The number of nitrogens with zero attached hydrogens (tertiary/aromatic N) is 4. The molecule has 0 saturated heterocycles. The topological polar surface area (TPSA) is 119 Å². The van der Waals surface area contributed by atoms with Crippen LogP contribution >= 0.6 is 0 Å². The number of benzene rings is 1. The average Bonchev–Trinajstić information content (AvgIpc) is 3.37. The molecule has 0 radical (unpaired) electrons. The highest BCUT2D eigenvalue weighted by Crippen LogP contribution is 2.19. The Bertz CT molecular complexity index is 1300. The summed E-state index contributed by atoms with van der Waals surface area (Å²) in [7, 11) is 8.78. The van der Waals surface area contributed by atoms with Gasteiger partial charge in [0.05, 0.1) is 30.4 Å². The molecule has 1 amide bonds. The number of allylic oxidation sites excluding steroid dienone is 2. The van der Waals surface area contributed by atoms with Crippen LogP contribution in [0.15, 0.2) is 89.1 Å². The number of guanidine groups is 1. The Morgan fingerprint density at radius 2 is 2.03 bits per heavy atom. The molecule has 202 valence electrons. The molecule has 1 heterocycles. The third-order valence-electron chi connectivity index (χ3n) is 5.12. The minimum absolute atomic E-state index is 0.202. The van der Waals surface area contributed by atoms with Gasteiger partial charge in [-0.1, -0.05) is 13.2 Å². The summed E-state index contributed by atoms with van der Waals surface area (Å²) in [5, 5.41) is 15.9. The molecule has 0 spiro atoms. The molecule has 10 nitrogen and oxygen atoms in total. The number of nitrogens with one attached hydrogen (secondary N) is 4. The summed E-state index contributed by atoms with van der Waals surface area (Å²) in [6.07, 6.45) is 10.1. The lowest BCUT2D eigenvalue weighted by Gasteiger charge is -2.16. The number of rotatable bonds is 12. The molecule has 2 rings (SSSR count). The molecule has 38 heavy (non-hydrogen) atoms. The lowest BCUT2D eigenvalue weighted by atomic mass is 10.1. The van der Waals surface area contributed by atoms with E-state index in [1.54, 1.807) is 39.5 Å². The van der Waals surface area contributed by atoms with Gasteiger partial charge in [-0.15, -0.1) is 0 Å². The fourth-order valence-electron chi connectivity index (χ4n) is 3.30. The highest BCUT2D eigenvalue weighted by Gasteiger charge is 2.13. The minimum atomic E-state index is -0.460. The van der Waals surface area contributed by atoms with E-state index in [2.05, 4.69) is 49.3 Å².